The van der Waals surface area contributed by atoms with Gasteiger partial charge in [-0.1, -0.05) is 23.8 Å². The van der Waals surface area contributed by atoms with Crippen molar-refractivity contribution < 1.29 is 22.6 Å². The Bertz CT molecular complexity index is 800. The van der Waals surface area contributed by atoms with E-state index in [-0.39, 0.29) is 11.4 Å². The lowest BCUT2D eigenvalue weighted by atomic mass is 10.1. The molecule has 1 N–H and O–H groups in total. The summed E-state index contributed by atoms with van der Waals surface area (Å²) < 4.78 is 43.2. The summed E-state index contributed by atoms with van der Waals surface area (Å²) in [5, 5.41) is 0. The largest absolute Gasteiger partial charge is 0.493 e. The standard InChI is InChI=1S/C17H21NO5S/c1-12-5-8-14(9-6-12)24(19,20)18-11-13-7-10-15(21-2)17(23-4)16(13)22-3/h5-10,18H,11H2,1-4H3. The highest BCUT2D eigenvalue weighted by molar-refractivity contribution is 7.89. The SMILES string of the molecule is COc1ccc(CNS(=O)(=O)c2ccc(C)cc2)c(OC)c1OC. The van der Waals surface area contributed by atoms with E-state index in [1.165, 1.54) is 21.3 Å². The molecule has 0 bridgehead atoms. The van der Waals surface area contributed by atoms with Crippen molar-refractivity contribution in [1.82, 2.24) is 4.72 Å². The zero-order valence-electron chi connectivity index (χ0n) is 14.1. The van der Waals surface area contributed by atoms with E-state index in [1.54, 1.807) is 36.4 Å². The van der Waals surface area contributed by atoms with Gasteiger partial charge in [-0.15, -0.1) is 0 Å². The molecule has 0 spiro atoms. The highest BCUT2D eigenvalue weighted by Crippen LogP contribution is 2.39. The number of ether oxygens (including phenoxy) is 3. The van der Waals surface area contributed by atoms with Gasteiger partial charge in [-0.05, 0) is 25.1 Å². The lowest BCUT2D eigenvalue weighted by molar-refractivity contribution is 0.322. The summed E-state index contributed by atoms with van der Waals surface area (Å²) in [7, 11) is 0.908. The molecule has 0 aliphatic carbocycles. The van der Waals surface area contributed by atoms with Crippen LogP contribution in [0.25, 0.3) is 0 Å². The number of nitrogens with one attached hydrogen (secondary N) is 1. The maximum absolute atomic E-state index is 12.4. The number of rotatable bonds is 7. The van der Waals surface area contributed by atoms with Gasteiger partial charge in [0.05, 0.1) is 26.2 Å². The molecule has 2 aromatic carbocycles. The van der Waals surface area contributed by atoms with Crippen LogP contribution in [0.15, 0.2) is 41.3 Å². The summed E-state index contributed by atoms with van der Waals surface area (Å²) in [4.78, 5) is 0.215. The molecule has 0 fully saturated rings. The third-order valence-electron chi connectivity index (χ3n) is 3.57. The van der Waals surface area contributed by atoms with E-state index in [0.29, 0.717) is 22.8 Å². The van der Waals surface area contributed by atoms with Crippen LogP contribution < -0.4 is 18.9 Å². The van der Waals surface area contributed by atoms with E-state index in [9.17, 15) is 8.42 Å². The molecule has 0 saturated carbocycles. The zero-order chi connectivity index (χ0) is 17.7. The smallest absolute Gasteiger partial charge is 0.240 e. The number of benzene rings is 2. The molecule has 0 radical (unpaired) electrons. The maximum atomic E-state index is 12.4. The summed E-state index contributed by atoms with van der Waals surface area (Å²) >= 11 is 0. The fourth-order valence-corrected chi connectivity index (χ4v) is 3.28. The molecule has 0 atom stereocenters. The molecule has 2 aromatic rings. The van der Waals surface area contributed by atoms with Gasteiger partial charge in [0.2, 0.25) is 15.8 Å². The van der Waals surface area contributed by atoms with Crippen molar-refractivity contribution in [3.05, 3.63) is 47.5 Å². The highest BCUT2D eigenvalue weighted by atomic mass is 32.2. The molecule has 0 aliphatic heterocycles. The van der Waals surface area contributed by atoms with Gasteiger partial charge in [-0.25, -0.2) is 13.1 Å². The lowest BCUT2D eigenvalue weighted by Crippen LogP contribution is -2.23. The predicted octanol–water partition coefficient (Wildman–Crippen LogP) is 2.50. The van der Waals surface area contributed by atoms with Gasteiger partial charge in [0.15, 0.2) is 11.5 Å². The van der Waals surface area contributed by atoms with Gasteiger partial charge in [0.25, 0.3) is 0 Å². The van der Waals surface area contributed by atoms with Crippen LogP contribution in [0.1, 0.15) is 11.1 Å². The topological polar surface area (TPSA) is 73.9 Å². The summed E-state index contributed by atoms with van der Waals surface area (Å²) in [5.74, 6) is 1.37. The number of aryl methyl sites for hydroxylation is 1. The minimum Gasteiger partial charge on any atom is -0.493 e. The third-order valence-corrected chi connectivity index (χ3v) is 4.99. The molecule has 7 heteroatoms. The fourth-order valence-electron chi connectivity index (χ4n) is 2.28. The zero-order valence-corrected chi connectivity index (χ0v) is 14.9. The molecule has 0 aliphatic rings. The highest BCUT2D eigenvalue weighted by Gasteiger charge is 2.18. The number of hydrogen-bond acceptors (Lipinski definition) is 5. The first kappa shape index (κ1) is 18.1. The minimum atomic E-state index is -3.61. The molecule has 0 amide bonds. The average Bonchev–Trinajstić information content (AvgIpc) is 2.59. The monoisotopic (exact) mass is 351 g/mol. The first-order chi connectivity index (χ1) is 11.4. The Hall–Kier alpha value is -2.25. The van der Waals surface area contributed by atoms with Gasteiger partial charge in [0.1, 0.15) is 0 Å². The fraction of sp³-hybridized carbons (Fsp3) is 0.294. The molecule has 0 unspecified atom stereocenters. The van der Waals surface area contributed by atoms with Crippen LogP contribution in [0.4, 0.5) is 0 Å². The van der Waals surface area contributed by atoms with Crippen LogP contribution in [-0.2, 0) is 16.6 Å². The lowest BCUT2D eigenvalue weighted by Gasteiger charge is -2.16. The summed E-state index contributed by atoms with van der Waals surface area (Å²) in [6.07, 6.45) is 0. The van der Waals surface area contributed by atoms with Gasteiger partial charge < -0.3 is 14.2 Å². The third kappa shape index (κ3) is 3.80. The van der Waals surface area contributed by atoms with E-state index >= 15 is 0 Å². The Labute approximate surface area is 142 Å². The van der Waals surface area contributed by atoms with E-state index in [2.05, 4.69) is 4.72 Å². The van der Waals surface area contributed by atoms with Gasteiger partial charge in [0, 0.05) is 12.1 Å². The van der Waals surface area contributed by atoms with Crippen LogP contribution >= 0.6 is 0 Å². The molecule has 130 valence electrons. The Morgan fingerprint density at radius 3 is 2.04 bits per heavy atom. The van der Waals surface area contributed by atoms with Crippen LogP contribution in [0.2, 0.25) is 0 Å². The van der Waals surface area contributed by atoms with Crippen molar-refractivity contribution in [3.63, 3.8) is 0 Å². The van der Waals surface area contributed by atoms with Crippen molar-refractivity contribution >= 4 is 10.0 Å². The van der Waals surface area contributed by atoms with Crippen molar-refractivity contribution in [3.8, 4) is 17.2 Å². The van der Waals surface area contributed by atoms with Crippen molar-refractivity contribution in [2.45, 2.75) is 18.4 Å². The number of sulfonamides is 1. The second-order valence-electron chi connectivity index (χ2n) is 5.13. The minimum absolute atomic E-state index is 0.0692. The maximum Gasteiger partial charge on any atom is 0.240 e. The van der Waals surface area contributed by atoms with Crippen LogP contribution in [0.5, 0.6) is 17.2 Å². The average molecular weight is 351 g/mol. The first-order valence-electron chi connectivity index (χ1n) is 7.27. The van der Waals surface area contributed by atoms with Crippen LogP contribution in [0, 0.1) is 6.92 Å². The second-order valence-corrected chi connectivity index (χ2v) is 6.90. The van der Waals surface area contributed by atoms with Crippen LogP contribution in [0.3, 0.4) is 0 Å². The quantitative estimate of drug-likeness (QED) is 0.830. The molecular formula is C17H21NO5S. The summed E-state index contributed by atoms with van der Waals surface area (Å²) in [6.45, 7) is 1.97. The predicted molar refractivity (Wildman–Crippen MR) is 91.3 cm³/mol. The Morgan fingerprint density at radius 2 is 1.50 bits per heavy atom. The van der Waals surface area contributed by atoms with Crippen LogP contribution in [-0.4, -0.2) is 29.7 Å². The first-order valence-corrected chi connectivity index (χ1v) is 8.75. The molecule has 0 heterocycles. The number of hydrogen-bond donors (Lipinski definition) is 1. The van der Waals surface area contributed by atoms with Crippen molar-refractivity contribution in [2.24, 2.45) is 0 Å². The normalized spacial score (nSPS) is 11.2. The van der Waals surface area contributed by atoms with E-state index in [4.69, 9.17) is 14.2 Å². The molecule has 6 nitrogen and oxygen atoms in total. The van der Waals surface area contributed by atoms with Gasteiger partial charge in [-0.2, -0.15) is 0 Å². The molecule has 2 rings (SSSR count). The molecule has 24 heavy (non-hydrogen) atoms. The molecular weight excluding hydrogens is 330 g/mol. The van der Waals surface area contributed by atoms with Crippen molar-refractivity contribution in [2.75, 3.05) is 21.3 Å². The summed E-state index contributed by atoms with van der Waals surface area (Å²) in [6, 6.07) is 10.1. The van der Waals surface area contributed by atoms with E-state index in [0.717, 1.165) is 5.56 Å². The summed E-state index contributed by atoms with van der Waals surface area (Å²) in [5.41, 5.74) is 1.64. The number of methoxy groups -OCH3 is 3. The molecule has 0 aromatic heterocycles. The van der Waals surface area contributed by atoms with Gasteiger partial charge >= 0.3 is 0 Å². The van der Waals surface area contributed by atoms with E-state index in [1.807, 2.05) is 6.92 Å². The van der Waals surface area contributed by atoms with E-state index < -0.39 is 10.0 Å². The Morgan fingerprint density at radius 1 is 0.875 bits per heavy atom. The Kier molecular flexibility index (Phi) is 5.69. The molecule has 0 saturated heterocycles. The Balaban J connectivity index is 2.27. The van der Waals surface area contributed by atoms with Gasteiger partial charge in [-0.3, -0.25) is 0 Å². The second kappa shape index (κ2) is 7.55. The van der Waals surface area contributed by atoms with Crippen molar-refractivity contribution in [1.29, 1.82) is 0 Å².